The normalized spacial score (nSPS) is 17.7. The van der Waals surface area contributed by atoms with Gasteiger partial charge in [-0.15, -0.1) is 0 Å². The molecule has 1 aliphatic rings. The number of rotatable bonds is 8. The van der Waals surface area contributed by atoms with Crippen molar-refractivity contribution in [3.8, 4) is 11.6 Å². The van der Waals surface area contributed by atoms with E-state index >= 15 is 4.39 Å². The van der Waals surface area contributed by atoms with Gasteiger partial charge >= 0.3 is 12.1 Å². The van der Waals surface area contributed by atoms with Crippen molar-refractivity contribution in [1.82, 2.24) is 4.98 Å². The predicted molar refractivity (Wildman–Crippen MR) is 130 cm³/mol. The molecule has 0 saturated heterocycles. The van der Waals surface area contributed by atoms with Crippen molar-refractivity contribution in [2.75, 3.05) is 12.0 Å². The summed E-state index contributed by atoms with van der Waals surface area (Å²) in [7, 11) is 1.10. The van der Waals surface area contributed by atoms with Crippen LogP contribution in [-0.4, -0.2) is 30.0 Å². The van der Waals surface area contributed by atoms with Crippen LogP contribution in [0.15, 0.2) is 29.5 Å². The van der Waals surface area contributed by atoms with Gasteiger partial charge in [0.25, 0.3) is 0 Å². The second kappa shape index (κ2) is 11.9. The van der Waals surface area contributed by atoms with Gasteiger partial charge in [-0.1, -0.05) is 6.92 Å². The summed E-state index contributed by atoms with van der Waals surface area (Å²) in [5, 5.41) is 3.05. The smallest absolute Gasteiger partial charge is 0.421 e. The first kappa shape index (κ1) is 29.0. The number of ether oxygens (including phenoxy) is 2. The highest BCUT2D eigenvalue weighted by molar-refractivity contribution is 6.04. The van der Waals surface area contributed by atoms with E-state index in [1.807, 2.05) is 0 Å². The molecule has 0 radical (unpaired) electrons. The number of nitrogens with zero attached hydrogens (tertiary/aromatic N) is 3. The molecule has 206 valence electrons. The van der Waals surface area contributed by atoms with Gasteiger partial charge in [-0.25, -0.2) is 19.7 Å². The summed E-state index contributed by atoms with van der Waals surface area (Å²) in [5.41, 5.74) is 5.27. The Morgan fingerprint density at radius 3 is 2.39 bits per heavy atom. The lowest BCUT2D eigenvalue weighted by molar-refractivity contribution is -0.139. The number of carbonyl (C=O) groups excluding carboxylic acids is 2. The maximum absolute atomic E-state index is 15.3. The van der Waals surface area contributed by atoms with Crippen LogP contribution in [0.5, 0.6) is 11.6 Å². The van der Waals surface area contributed by atoms with Crippen molar-refractivity contribution >= 4 is 17.6 Å². The van der Waals surface area contributed by atoms with Crippen LogP contribution in [-0.2, 0) is 22.3 Å². The fourth-order valence-corrected chi connectivity index (χ4v) is 4.51. The average molecular weight is 539 g/mol. The van der Waals surface area contributed by atoms with Crippen molar-refractivity contribution in [3.05, 3.63) is 46.9 Å². The van der Waals surface area contributed by atoms with Gasteiger partial charge in [0.05, 0.1) is 24.9 Å². The van der Waals surface area contributed by atoms with Crippen LogP contribution in [0.25, 0.3) is 0 Å². The number of pyridine rings is 1. The average Bonchev–Trinajstić information content (AvgIpc) is 2.85. The van der Waals surface area contributed by atoms with Crippen LogP contribution in [0, 0.1) is 23.2 Å². The lowest BCUT2D eigenvalue weighted by Gasteiger charge is -2.34. The van der Waals surface area contributed by atoms with Crippen molar-refractivity contribution in [1.29, 1.82) is 5.53 Å². The van der Waals surface area contributed by atoms with E-state index in [1.54, 1.807) is 13.8 Å². The summed E-state index contributed by atoms with van der Waals surface area (Å²) in [5.74, 6) is -3.72. The van der Waals surface area contributed by atoms with Crippen LogP contribution >= 0.6 is 0 Å². The number of anilines is 1. The Kier molecular flexibility index (Phi) is 9.05. The highest BCUT2D eigenvalue weighted by atomic mass is 19.4. The standard InChI is InChI=1S/C26H30F4N4O4/c1-14(2)34(24(35)17-7-5-15(3)6-8-17)21-11-20(27)22(10-18(21)25(36)37-4)38-23-19(26(28,29)30)9-16(12-32-23)13-33-31/h9-12,14-15,17,31H,5-8,13H2,1-4H3. The Balaban J connectivity index is 2.07. The third-order valence-electron chi connectivity index (χ3n) is 6.52. The number of halogens is 4. The van der Waals surface area contributed by atoms with Crippen molar-refractivity contribution in [2.24, 2.45) is 17.0 Å². The molecule has 1 aliphatic carbocycles. The first-order valence-electron chi connectivity index (χ1n) is 12.2. The first-order valence-corrected chi connectivity index (χ1v) is 12.2. The monoisotopic (exact) mass is 538 g/mol. The molecule has 12 heteroatoms. The molecular weight excluding hydrogens is 508 g/mol. The third kappa shape index (κ3) is 6.46. The van der Waals surface area contributed by atoms with Gasteiger partial charge in [0.2, 0.25) is 11.8 Å². The number of aromatic nitrogens is 1. The van der Waals surface area contributed by atoms with E-state index in [0.717, 1.165) is 38.3 Å². The number of hydrogen-bond donors (Lipinski definition) is 1. The minimum atomic E-state index is -4.90. The van der Waals surface area contributed by atoms with E-state index in [-0.39, 0.29) is 35.2 Å². The fraction of sp³-hybridized carbons (Fsp3) is 0.500. The second-order valence-corrected chi connectivity index (χ2v) is 9.66. The predicted octanol–water partition coefficient (Wildman–Crippen LogP) is 6.92. The van der Waals surface area contributed by atoms with Crippen LogP contribution in [0.4, 0.5) is 23.2 Å². The molecule has 8 nitrogen and oxygen atoms in total. The quantitative estimate of drug-likeness (QED) is 0.223. The number of amides is 1. The van der Waals surface area contributed by atoms with Crippen molar-refractivity contribution in [3.63, 3.8) is 0 Å². The molecule has 1 heterocycles. The van der Waals surface area contributed by atoms with Crippen LogP contribution in [0.1, 0.15) is 67.9 Å². The number of esters is 1. The third-order valence-corrected chi connectivity index (χ3v) is 6.52. The second-order valence-electron chi connectivity index (χ2n) is 9.66. The molecule has 0 atom stereocenters. The topological polar surface area (TPSA) is 105 Å². The van der Waals surface area contributed by atoms with E-state index < -0.39 is 41.2 Å². The Bertz CT molecular complexity index is 1190. The molecule has 0 spiro atoms. The zero-order valence-electron chi connectivity index (χ0n) is 21.6. The van der Waals surface area contributed by atoms with Crippen LogP contribution < -0.4 is 9.64 Å². The van der Waals surface area contributed by atoms with Gasteiger partial charge in [-0.2, -0.15) is 18.3 Å². The summed E-state index contributed by atoms with van der Waals surface area (Å²) in [6, 6.07) is 2.06. The minimum absolute atomic E-state index is 0.00828. The highest BCUT2D eigenvalue weighted by Crippen LogP contribution is 2.40. The molecule has 3 rings (SSSR count). The Labute approximate surface area is 217 Å². The molecule has 0 aliphatic heterocycles. The van der Waals surface area contributed by atoms with E-state index in [1.165, 1.54) is 4.90 Å². The summed E-state index contributed by atoms with van der Waals surface area (Å²) >= 11 is 0. The molecule has 1 amide bonds. The Hall–Kier alpha value is -3.57. The molecule has 1 N–H and O–H groups in total. The number of methoxy groups -OCH3 is 1. The molecule has 2 aromatic rings. The molecule has 0 bridgehead atoms. The summed E-state index contributed by atoms with van der Waals surface area (Å²) < 4.78 is 66.4. The summed E-state index contributed by atoms with van der Waals surface area (Å²) in [6.07, 6.45) is -0.806. The Morgan fingerprint density at radius 1 is 1.18 bits per heavy atom. The van der Waals surface area contributed by atoms with Crippen molar-refractivity contribution < 1.29 is 36.6 Å². The number of benzene rings is 1. The number of nitrogens with one attached hydrogen (secondary N) is 1. The number of alkyl halides is 3. The molecule has 1 aromatic heterocycles. The molecule has 1 fully saturated rings. The van der Waals surface area contributed by atoms with E-state index in [4.69, 9.17) is 15.0 Å². The van der Waals surface area contributed by atoms with Gasteiger partial charge in [-0.05, 0) is 57.1 Å². The zero-order valence-corrected chi connectivity index (χ0v) is 21.6. The summed E-state index contributed by atoms with van der Waals surface area (Å²) in [4.78, 5) is 31.2. The molecule has 1 aromatic carbocycles. The van der Waals surface area contributed by atoms with E-state index in [0.29, 0.717) is 24.8 Å². The lowest BCUT2D eigenvalue weighted by atomic mass is 9.82. The van der Waals surface area contributed by atoms with Gasteiger partial charge in [0.15, 0.2) is 11.6 Å². The molecule has 38 heavy (non-hydrogen) atoms. The number of carbonyl (C=O) groups is 2. The highest BCUT2D eigenvalue weighted by Gasteiger charge is 2.37. The van der Waals surface area contributed by atoms with Crippen LogP contribution in [0.3, 0.4) is 0 Å². The maximum atomic E-state index is 15.3. The largest absolute Gasteiger partial charge is 0.465 e. The van der Waals surface area contributed by atoms with Gasteiger partial charge in [0.1, 0.15) is 5.56 Å². The molecular formula is C26H30F4N4O4. The first-order chi connectivity index (χ1) is 17.9. The fourth-order valence-electron chi connectivity index (χ4n) is 4.51. The van der Waals surface area contributed by atoms with Crippen molar-refractivity contribution in [2.45, 2.75) is 65.2 Å². The van der Waals surface area contributed by atoms with E-state index in [9.17, 15) is 22.8 Å². The van der Waals surface area contributed by atoms with Gasteiger partial charge < -0.3 is 14.4 Å². The van der Waals surface area contributed by atoms with E-state index in [2.05, 4.69) is 17.0 Å². The Morgan fingerprint density at radius 2 is 1.84 bits per heavy atom. The van der Waals surface area contributed by atoms with Gasteiger partial charge in [-0.3, -0.25) is 4.79 Å². The van der Waals surface area contributed by atoms with Crippen LogP contribution in [0.2, 0.25) is 0 Å². The minimum Gasteiger partial charge on any atom is -0.465 e. The van der Waals surface area contributed by atoms with Gasteiger partial charge in [0, 0.05) is 30.3 Å². The molecule has 1 saturated carbocycles. The number of hydrogen-bond acceptors (Lipinski definition) is 7. The molecule has 0 unspecified atom stereocenters. The maximum Gasteiger partial charge on any atom is 0.421 e. The summed E-state index contributed by atoms with van der Waals surface area (Å²) in [6.45, 7) is 5.22. The zero-order chi connectivity index (χ0) is 28.2. The SMILES string of the molecule is COC(=O)c1cc(Oc2ncc(CN=N)cc2C(F)(F)F)c(F)cc1N(C(=O)C1CCC(C)CC1)C(C)C. The lowest BCUT2D eigenvalue weighted by Crippen LogP contribution is -2.43.